The Kier molecular flexibility index (Phi) is 6.12. The number of ether oxygens (including phenoxy) is 3. The third-order valence-electron chi connectivity index (χ3n) is 6.50. The number of rotatable bonds is 8. The predicted molar refractivity (Wildman–Crippen MR) is 136 cm³/mol. The van der Waals surface area contributed by atoms with Crippen molar-refractivity contribution in [2.75, 3.05) is 19.5 Å². The smallest absolute Gasteiger partial charge is 0.240 e. The molecule has 8 nitrogen and oxygen atoms in total. The van der Waals surface area contributed by atoms with Gasteiger partial charge < -0.3 is 25.3 Å². The van der Waals surface area contributed by atoms with Crippen molar-refractivity contribution in [2.24, 2.45) is 11.1 Å². The lowest BCUT2D eigenvalue weighted by Gasteiger charge is -2.16. The normalized spacial score (nSPS) is 13.6. The van der Waals surface area contributed by atoms with E-state index in [0.717, 1.165) is 0 Å². The molecular formula is C28H24FN3O5. The first kappa shape index (κ1) is 24.1. The minimum Gasteiger partial charge on any atom is -0.493 e. The lowest BCUT2D eigenvalue weighted by molar-refractivity contribution is -0.132. The summed E-state index contributed by atoms with van der Waals surface area (Å²) >= 11 is 0. The number of amides is 2. The first-order chi connectivity index (χ1) is 17.9. The van der Waals surface area contributed by atoms with Gasteiger partial charge in [0, 0.05) is 23.2 Å². The van der Waals surface area contributed by atoms with Gasteiger partial charge in [0.1, 0.15) is 22.7 Å². The minimum atomic E-state index is -1.24. The zero-order chi connectivity index (χ0) is 26.2. The van der Waals surface area contributed by atoms with E-state index in [2.05, 4.69) is 10.3 Å². The molecule has 1 aliphatic carbocycles. The summed E-state index contributed by atoms with van der Waals surface area (Å²) < 4.78 is 32.1. The van der Waals surface area contributed by atoms with Crippen molar-refractivity contribution < 1.29 is 28.2 Å². The van der Waals surface area contributed by atoms with Crippen LogP contribution in [0.4, 0.5) is 10.1 Å². The molecule has 1 heterocycles. The second-order valence-electron chi connectivity index (χ2n) is 8.73. The second-order valence-corrected chi connectivity index (χ2v) is 8.73. The van der Waals surface area contributed by atoms with Gasteiger partial charge in [-0.25, -0.2) is 4.39 Å². The number of pyridine rings is 1. The lowest BCUT2D eigenvalue weighted by atomic mass is 10.0. The Morgan fingerprint density at radius 1 is 0.946 bits per heavy atom. The summed E-state index contributed by atoms with van der Waals surface area (Å²) in [5.74, 6) is 0.166. The first-order valence-electron chi connectivity index (χ1n) is 11.5. The molecule has 1 fully saturated rings. The highest BCUT2D eigenvalue weighted by molar-refractivity contribution is 6.12. The van der Waals surface area contributed by atoms with Crippen LogP contribution in [0.5, 0.6) is 23.0 Å². The fourth-order valence-electron chi connectivity index (χ4n) is 4.19. The van der Waals surface area contributed by atoms with Gasteiger partial charge in [-0.05, 0) is 48.7 Å². The van der Waals surface area contributed by atoms with E-state index in [4.69, 9.17) is 19.9 Å². The summed E-state index contributed by atoms with van der Waals surface area (Å²) in [6, 6.07) is 16.9. The largest absolute Gasteiger partial charge is 0.493 e. The van der Waals surface area contributed by atoms with Crippen molar-refractivity contribution >= 4 is 28.4 Å². The van der Waals surface area contributed by atoms with Gasteiger partial charge in [0.15, 0.2) is 11.5 Å². The van der Waals surface area contributed by atoms with Crippen LogP contribution >= 0.6 is 0 Å². The van der Waals surface area contributed by atoms with E-state index in [-0.39, 0.29) is 5.69 Å². The Hall–Kier alpha value is -4.66. The number of carbonyl (C=O) groups is 2. The lowest BCUT2D eigenvalue weighted by Crippen LogP contribution is -2.36. The van der Waals surface area contributed by atoms with Gasteiger partial charge in [0.05, 0.1) is 25.4 Å². The number of nitrogens with one attached hydrogen (secondary N) is 1. The number of aromatic nitrogens is 1. The fourth-order valence-corrected chi connectivity index (χ4v) is 4.19. The number of hydrogen-bond acceptors (Lipinski definition) is 6. The number of nitrogens with zero attached hydrogens (tertiary/aromatic N) is 1. The van der Waals surface area contributed by atoms with Crippen molar-refractivity contribution in [2.45, 2.75) is 12.8 Å². The van der Waals surface area contributed by atoms with Crippen LogP contribution < -0.4 is 25.3 Å². The third-order valence-corrected chi connectivity index (χ3v) is 6.50. The number of anilines is 1. The topological polar surface area (TPSA) is 113 Å². The standard InChI is InChI=1S/C28H24FN3O5/c1-35-24-14-18-21(15-25(24)36-2)31-12-9-23(18)37-22-6-4-3-5-17(22)16-7-8-20(19(29)13-16)32-27(34)28(10-11-28)26(30)33/h3-9,12-15H,10-11H2,1-2H3,(H2,30,33)(H,32,34). The predicted octanol–water partition coefficient (Wildman–Crippen LogP) is 5.05. The molecule has 0 saturated heterocycles. The SMILES string of the molecule is COc1cc2nccc(Oc3ccccc3-c3ccc(NC(=O)C4(C(N)=O)CC4)c(F)c3)c2cc1OC. The number of hydrogen-bond donors (Lipinski definition) is 2. The Morgan fingerprint density at radius 2 is 1.68 bits per heavy atom. The van der Waals surface area contributed by atoms with E-state index >= 15 is 4.39 Å². The minimum absolute atomic E-state index is 0.0270. The fraction of sp³-hybridized carbons (Fsp3) is 0.179. The van der Waals surface area contributed by atoms with E-state index in [9.17, 15) is 9.59 Å². The van der Waals surface area contributed by atoms with Crippen LogP contribution in [0.15, 0.2) is 66.9 Å². The molecule has 0 atom stereocenters. The summed E-state index contributed by atoms with van der Waals surface area (Å²) in [6.07, 6.45) is 2.35. The van der Waals surface area contributed by atoms with Gasteiger partial charge in [-0.1, -0.05) is 24.3 Å². The summed E-state index contributed by atoms with van der Waals surface area (Å²) in [5, 5.41) is 3.20. The molecule has 1 saturated carbocycles. The Labute approximate surface area is 212 Å². The summed E-state index contributed by atoms with van der Waals surface area (Å²) in [4.78, 5) is 28.5. The van der Waals surface area contributed by atoms with E-state index in [1.54, 1.807) is 50.7 Å². The maximum absolute atomic E-state index is 15.0. The summed E-state index contributed by atoms with van der Waals surface area (Å²) in [6.45, 7) is 0. The van der Waals surface area contributed by atoms with Crippen LogP contribution in [0.25, 0.3) is 22.0 Å². The van der Waals surface area contributed by atoms with Gasteiger partial charge in [-0.15, -0.1) is 0 Å². The molecule has 4 aromatic rings. The van der Waals surface area contributed by atoms with Crippen LogP contribution in [-0.2, 0) is 9.59 Å². The molecule has 1 aromatic heterocycles. The van der Waals surface area contributed by atoms with Crippen LogP contribution in [0.3, 0.4) is 0 Å². The molecule has 9 heteroatoms. The molecule has 5 rings (SSSR count). The van der Waals surface area contributed by atoms with Crippen molar-refractivity contribution in [1.29, 1.82) is 0 Å². The van der Waals surface area contributed by atoms with Crippen molar-refractivity contribution in [3.05, 3.63) is 72.7 Å². The molecule has 0 aliphatic heterocycles. The van der Waals surface area contributed by atoms with Gasteiger partial charge in [0.25, 0.3) is 0 Å². The van der Waals surface area contributed by atoms with E-state index in [1.165, 1.54) is 12.1 Å². The number of carbonyl (C=O) groups excluding carboxylic acids is 2. The molecule has 2 amide bonds. The molecule has 0 unspecified atom stereocenters. The highest BCUT2D eigenvalue weighted by Gasteiger charge is 2.55. The second kappa shape index (κ2) is 9.42. The number of methoxy groups -OCH3 is 2. The molecular weight excluding hydrogens is 477 g/mol. The van der Waals surface area contributed by atoms with E-state index in [0.29, 0.717) is 57.9 Å². The zero-order valence-corrected chi connectivity index (χ0v) is 20.2. The van der Waals surface area contributed by atoms with Crippen LogP contribution in [0, 0.1) is 11.2 Å². The first-order valence-corrected chi connectivity index (χ1v) is 11.5. The number of halogens is 1. The van der Waals surface area contributed by atoms with Crippen LogP contribution in [0.2, 0.25) is 0 Å². The van der Waals surface area contributed by atoms with E-state index < -0.39 is 23.0 Å². The van der Waals surface area contributed by atoms with Crippen molar-refractivity contribution in [1.82, 2.24) is 4.98 Å². The maximum atomic E-state index is 15.0. The molecule has 188 valence electrons. The molecule has 1 aliphatic rings. The third kappa shape index (κ3) is 4.40. The maximum Gasteiger partial charge on any atom is 0.240 e. The van der Waals surface area contributed by atoms with Gasteiger partial charge in [0.2, 0.25) is 11.8 Å². The number of primary amides is 1. The van der Waals surface area contributed by atoms with Crippen LogP contribution in [-0.4, -0.2) is 31.0 Å². The molecule has 37 heavy (non-hydrogen) atoms. The van der Waals surface area contributed by atoms with Crippen molar-refractivity contribution in [3.63, 3.8) is 0 Å². The quantitative estimate of drug-likeness (QED) is 0.327. The van der Waals surface area contributed by atoms with Gasteiger partial charge in [-0.2, -0.15) is 0 Å². The molecule has 3 aromatic carbocycles. The average molecular weight is 502 g/mol. The zero-order valence-electron chi connectivity index (χ0n) is 20.2. The molecule has 3 N–H and O–H groups in total. The molecule has 0 spiro atoms. The highest BCUT2D eigenvalue weighted by atomic mass is 19.1. The number of nitrogens with two attached hydrogens (primary N) is 1. The molecule has 0 bridgehead atoms. The van der Waals surface area contributed by atoms with Crippen molar-refractivity contribution in [3.8, 4) is 34.1 Å². The monoisotopic (exact) mass is 501 g/mol. The number of benzene rings is 3. The summed E-state index contributed by atoms with van der Waals surface area (Å²) in [7, 11) is 3.10. The molecule has 0 radical (unpaired) electrons. The van der Waals surface area contributed by atoms with Gasteiger partial charge in [-0.3, -0.25) is 14.6 Å². The van der Waals surface area contributed by atoms with Crippen LogP contribution in [0.1, 0.15) is 12.8 Å². The summed E-state index contributed by atoms with van der Waals surface area (Å²) in [5.41, 5.74) is 5.91. The average Bonchev–Trinajstić information content (AvgIpc) is 3.72. The van der Waals surface area contributed by atoms with E-state index in [1.807, 2.05) is 18.2 Å². The highest BCUT2D eigenvalue weighted by Crippen LogP contribution is 2.46. The Balaban J connectivity index is 1.46. The van der Waals surface area contributed by atoms with Gasteiger partial charge >= 0.3 is 0 Å². The Morgan fingerprint density at radius 3 is 2.35 bits per heavy atom. The Bertz CT molecular complexity index is 1530. The number of fused-ring (bicyclic) bond motifs is 1. The number of para-hydroxylation sites is 1.